The minimum atomic E-state index is -0.377. The first-order valence-corrected chi connectivity index (χ1v) is 5.48. The first kappa shape index (κ1) is 10.9. The lowest BCUT2D eigenvalue weighted by atomic mass is 10.1. The molecule has 0 spiro atoms. The minimum Gasteiger partial charge on any atom is -0.392 e. The Morgan fingerprint density at radius 2 is 2.40 bits per heavy atom. The van der Waals surface area contributed by atoms with Crippen LogP contribution in [0.5, 0.6) is 0 Å². The lowest BCUT2D eigenvalue weighted by Gasteiger charge is -2.32. The molecule has 5 heteroatoms. The number of β-amino-alcohol motifs (C(OH)–C–C–N with tert-alkyl or cyclic N) is 1. The number of carbonyl (C=O) groups is 1. The quantitative estimate of drug-likeness (QED) is 0.585. The zero-order valence-corrected chi connectivity index (χ0v) is 8.98. The van der Waals surface area contributed by atoms with E-state index < -0.39 is 0 Å². The van der Waals surface area contributed by atoms with Gasteiger partial charge < -0.3 is 20.1 Å². The molecule has 0 aliphatic carbocycles. The van der Waals surface area contributed by atoms with Crippen molar-refractivity contribution in [2.75, 3.05) is 26.2 Å². The largest absolute Gasteiger partial charge is 0.392 e. The average Bonchev–Trinajstić information content (AvgIpc) is 2.64. The van der Waals surface area contributed by atoms with Gasteiger partial charge in [-0.1, -0.05) is 0 Å². The molecule has 1 amide bonds. The number of morpholine rings is 1. The van der Waals surface area contributed by atoms with Gasteiger partial charge in [0.05, 0.1) is 24.9 Å². The minimum absolute atomic E-state index is 0.0988. The molecule has 0 aromatic heterocycles. The van der Waals surface area contributed by atoms with E-state index in [9.17, 15) is 9.90 Å². The lowest BCUT2D eigenvalue weighted by Crippen LogP contribution is -2.50. The van der Waals surface area contributed by atoms with Crippen LogP contribution in [-0.2, 0) is 9.53 Å². The van der Waals surface area contributed by atoms with Crippen molar-refractivity contribution in [3.05, 3.63) is 0 Å². The molecule has 5 nitrogen and oxygen atoms in total. The molecule has 3 atom stereocenters. The predicted octanol–water partition coefficient (Wildman–Crippen LogP) is -1.04. The van der Waals surface area contributed by atoms with Crippen molar-refractivity contribution in [3.63, 3.8) is 0 Å². The standard InChI is InChI=1S/C10H18N2O3/c1-7-6-12(2-3-15-7)10(14)9-4-8(13)5-11-9/h7-9,11,13H,2-6H2,1H3/t7?,8-,9-/m1/s1. The molecular formula is C10H18N2O3. The molecule has 1 unspecified atom stereocenters. The molecule has 0 bridgehead atoms. The lowest BCUT2D eigenvalue weighted by molar-refractivity contribution is -0.140. The Labute approximate surface area is 89.4 Å². The molecule has 15 heavy (non-hydrogen) atoms. The molecule has 2 N–H and O–H groups in total. The van der Waals surface area contributed by atoms with Gasteiger partial charge in [-0.05, 0) is 13.3 Å². The van der Waals surface area contributed by atoms with Gasteiger partial charge >= 0.3 is 0 Å². The van der Waals surface area contributed by atoms with E-state index in [1.54, 1.807) is 0 Å². The maximum Gasteiger partial charge on any atom is 0.239 e. The number of nitrogens with one attached hydrogen (secondary N) is 1. The van der Waals surface area contributed by atoms with Crippen molar-refractivity contribution in [2.24, 2.45) is 0 Å². The van der Waals surface area contributed by atoms with Crippen LogP contribution < -0.4 is 5.32 Å². The van der Waals surface area contributed by atoms with Gasteiger partial charge in [0.25, 0.3) is 0 Å². The van der Waals surface area contributed by atoms with Crippen LogP contribution in [0.4, 0.5) is 0 Å². The number of amides is 1. The summed E-state index contributed by atoms with van der Waals surface area (Å²) in [7, 11) is 0. The number of hydrogen-bond donors (Lipinski definition) is 2. The van der Waals surface area contributed by atoms with Crippen molar-refractivity contribution in [1.82, 2.24) is 10.2 Å². The number of ether oxygens (including phenoxy) is 1. The summed E-state index contributed by atoms with van der Waals surface area (Å²) in [4.78, 5) is 13.8. The SMILES string of the molecule is CC1CN(C(=O)[C@H]2C[C@@H](O)CN2)CCO1. The van der Waals surface area contributed by atoms with Crippen LogP contribution in [0.1, 0.15) is 13.3 Å². The highest BCUT2D eigenvalue weighted by Crippen LogP contribution is 2.12. The summed E-state index contributed by atoms with van der Waals surface area (Å²) < 4.78 is 5.38. The van der Waals surface area contributed by atoms with Crippen LogP contribution in [0, 0.1) is 0 Å². The molecule has 0 radical (unpaired) electrons. The van der Waals surface area contributed by atoms with Crippen LogP contribution >= 0.6 is 0 Å². The molecule has 0 aromatic carbocycles. The number of hydrogen-bond acceptors (Lipinski definition) is 4. The fourth-order valence-electron chi connectivity index (χ4n) is 2.14. The van der Waals surface area contributed by atoms with Crippen LogP contribution in [0.25, 0.3) is 0 Å². The van der Waals surface area contributed by atoms with Crippen LogP contribution in [0.2, 0.25) is 0 Å². The van der Waals surface area contributed by atoms with E-state index >= 15 is 0 Å². The van der Waals surface area contributed by atoms with Gasteiger partial charge in [0, 0.05) is 19.6 Å². The first-order valence-electron chi connectivity index (χ1n) is 5.48. The fourth-order valence-corrected chi connectivity index (χ4v) is 2.14. The molecule has 2 rings (SSSR count). The topological polar surface area (TPSA) is 61.8 Å². The zero-order chi connectivity index (χ0) is 10.8. The molecule has 2 aliphatic rings. The first-order chi connectivity index (χ1) is 7.16. The Balaban J connectivity index is 1.89. The van der Waals surface area contributed by atoms with E-state index in [2.05, 4.69) is 5.32 Å². The number of aliphatic hydroxyl groups excluding tert-OH is 1. The van der Waals surface area contributed by atoms with Crippen molar-refractivity contribution >= 4 is 5.91 Å². The zero-order valence-electron chi connectivity index (χ0n) is 8.98. The van der Waals surface area contributed by atoms with Crippen LogP contribution in [0.3, 0.4) is 0 Å². The Morgan fingerprint density at radius 3 is 3.00 bits per heavy atom. The molecule has 86 valence electrons. The molecule has 2 saturated heterocycles. The number of nitrogens with zero attached hydrogens (tertiary/aromatic N) is 1. The summed E-state index contributed by atoms with van der Waals surface area (Å²) in [6.07, 6.45) is 0.274. The third-order valence-electron chi connectivity index (χ3n) is 2.96. The molecular weight excluding hydrogens is 196 g/mol. The van der Waals surface area contributed by atoms with Gasteiger partial charge in [0.2, 0.25) is 5.91 Å². The predicted molar refractivity (Wildman–Crippen MR) is 54.4 cm³/mol. The molecule has 2 fully saturated rings. The smallest absolute Gasteiger partial charge is 0.239 e. The maximum atomic E-state index is 12.0. The summed E-state index contributed by atoms with van der Waals surface area (Å²) in [6, 6.07) is -0.203. The Hall–Kier alpha value is -0.650. The normalized spacial score (nSPS) is 36.9. The Kier molecular flexibility index (Phi) is 3.23. The van der Waals surface area contributed by atoms with Crippen molar-refractivity contribution in [3.8, 4) is 0 Å². The summed E-state index contributed by atoms with van der Waals surface area (Å²) >= 11 is 0. The van der Waals surface area contributed by atoms with E-state index in [1.807, 2.05) is 11.8 Å². The van der Waals surface area contributed by atoms with Gasteiger partial charge in [0.1, 0.15) is 0 Å². The number of carbonyl (C=O) groups excluding carboxylic acids is 1. The van der Waals surface area contributed by atoms with Gasteiger partial charge in [0.15, 0.2) is 0 Å². The summed E-state index contributed by atoms with van der Waals surface area (Å²) in [5.74, 6) is 0.0988. The van der Waals surface area contributed by atoms with Crippen molar-refractivity contribution in [2.45, 2.75) is 31.6 Å². The van der Waals surface area contributed by atoms with Crippen LogP contribution in [-0.4, -0.2) is 60.4 Å². The number of aliphatic hydroxyl groups is 1. The van der Waals surface area contributed by atoms with Crippen LogP contribution in [0.15, 0.2) is 0 Å². The second-order valence-electron chi connectivity index (χ2n) is 4.32. The van der Waals surface area contributed by atoms with Gasteiger partial charge in [-0.2, -0.15) is 0 Å². The molecule has 0 saturated carbocycles. The average molecular weight is 214 g/mol. The molecule has 0 aromatic rings. The fraction of sp³-hybridized carbons (Fsp3) is 0.900. The summed E-state index contributed by atoms with van der Waals surface area (Å²) in [5, 5.41) is 12.4. The highest BCUT2D eigenvalue weighted by atomic mass is 16.5. The Bertz CT molecular complexity index is 247. The second-order valence-corrected chi connectivity index (χ2v) is 4.32. The molecule has 2 aliphatic heterocycles. The van der Waals surface area contributed by atoms with Gasteiger partial charge in [-0.25, -0.2) is 0 Å². The highest BCUT2D eigenvalue weighted by Gasteiger charge is 2.32. The van der Waals surface area contributed by atoms with Gasteiger partial charge in [-0.15, -0.1) is 0 Å². The maximum absolute atomic E-state index is 12.0. The van der Waals surface area contributed by atoms with Gasteiger partial charge in [-0.3, -0.25) is 4.79 Å². The monoisotopic (exact) mass is 214 g/mol. The van der Waals surface area contributed by atoms with Crippen molar-refractivity contribution < 1.29 is 14.6 Å². The van der Waals surface area contributed by atoms with E-state index in [0.29, 0.717) is 32.7 Å². The third kappa shape index (κ3) is 2.48. The molecule has 2 heterocycles. The third-order valence-corrected chi connectivity index (χ3v) is 2.96. The Morgan fingerprint density at radius 1 is 1.60 bits per heavy atom. The van der Waals surface area contributed by atoms with E-state index in [0.717, 1.165) is 0 Å². The summed E-state index contributed by atoms with van der Waals surface area (Å²) in [5.41, 5.74) is 0. The number of rotatable bonds is 1. The van der Waals surface area contributed by atoms with Crippen molar-refractivity contribution in [1.29, 1.82) is 0 Å². The summed E-state index contributed by atoms with van der Waals surface area (Å²) in [6.45, 7) is 4.43. The highest BCUT2D eigenvalue weighted by molar-refractivity contribution is 5.82. The van der Waals surface area contributed by atoms with E-state index in [1.165, 1.54) is 0 Å². The van der Waals surface area contributed by atoms with E-state index in [-0.39, 0.29) is 24.2 Å². The second kappa shape index (κ2) is 4.47. The van der Waals surface area contributed by atoms with E-state index in [4.69, 9.17) is 4.74 Å².